The van der Waals surface area contributed by atoms with Gasteiger partial charge < -0.3 is 4.90 Å². The molecule has 26 heavy (non-hydrogen) atoms. The Bertz CT molecular complexity index is 952. The van der Waals surface area contributed by atoms with E-state index in [1.807, 2.05) is 24.0 Å². The summed E-state index contributed by atoms with van der Waals surface area (Å²) in [6.45, 7) is 3.25. The van der Waals surface area contributed by atoms with Gasteiger partial charge in [0.1, 0.15) is 0 Å². The zero-order valence-corrected chi connectivity index (χ0v) is 15.6. The second kappa shape index (κ2) is 6.43. The maximum Gasteiger partial charge on any atom is 0.258 e. The lowest BCUT2D eigenvalue weighted by Crippen LogP contribution is -2.36. The zero-order chi connectivity index (χ0) is 18.3. The number of para-hydroxylation sites is 1. The average Bonchev–Trinajstić information content (AvgIpc) is 3.00. The highest BCUT2D eigenvalue weighted by Gasteiger charge is 2.29. The topological polar surface area (TPSA) is 57.7 Å². The molecule has 0 spiro atoms. The quantitative estimate of drug-likeness (QED) is 0.816. The van der Waals surface area contributed by atoms with Gasteiger partial charge in [0.25, 0.3) is 5.91 Å². The van der Waals surface area contributed by atoms with Gasteiger partial charge in [-0.25, -0.2) is 8.42 Å². The van der Waals surface area contributed by atoms with Crippen molar-refractivity contribution < 1.29 is 13.2 Å². The average molecular weight is 370 g/mol. The van der Waals surface area contributed by atoms with Crippen LogP contribution in [0, 0.1) is 6.92 Å². The van der Waals surface area contributed by atoms with E-state index < -0.39 is 10.0 Å². The number of anilines is 2. The molecule has 0 saturated carbocycles. The smallest absolute Gasteiger partial charge is 0.258 e. The van der Waals surface area contributed by atoms with Gasteiger partial charge in [-0.15, -0.1) is 0 Å². The third-order valence-electron chi connectivity index (χ3n) is 5.17. The second-order valence-electron chi connectivity index (χ2n) is 6.93. The van der Waals surface area contributed by atoms with Crippen molar-refractivity contribution in [2.75, 3.05) is 28.0 Å². The van der Waals surface area contributed by atoms with Gasteiger partial charge in [-0.1, -0.05) is 18.2 Å². The summed E-state index contributed by atoms with van der Waals surface area (Å²) in [4.78, 5) is 14.9. The molecule has 1 fully saturated rings. The largest absolute Gasteiger partial charge is 0.308 e. The SMILES string of the molecule is Cc1cccc2c1N(C(=O)c1ccc(N3CCCS3(=O)=O)cc1)CCC2. The number of carbonyl (C=O) groups excluding carboxylic acids is 1. The molecule has 2 aliphatic heterocycles. The Hall–Kier alpha value is -2.34. The molecule has 0 aromatic heterocycles. The zero-order valence-electron chi connectivity index (χ0n) is 14.8. The minimum absolute atomic E-state index is 0.0314. The lowest BCUT2D eigenvalue weighted by Gasteiger charge is -2.31. The first kappa shape index (κ1) is 17.1. The van der Waals surface area contributed by atoms with Crippen LogP contribution in [0.2, 0.25) is 0 Å². The molecule has 2 aromatic rings. The monoisotopic (exact) mass is 370 g/mol. The number of rotatable bonds is 2. The third kappa shape index (κ3) is 2.88. The Morgan fingerprint density at radius 1 is 1.00 bits per heavy atom. The van der Waals surface area contributed by atoms with Gasteiger partial charge in [0.15, 0.2) is 0 Å². The summed E-state index contributed by atoms with van der Waals surface area (Å²) in [5, 5.41) is 0. The van der Waals surface area contributed by atoms with Gasteiger partial charge in [0, 0.05) is 18.7 Å². The molecule has 1 amide bonds. The first-order valence-electron chi connectivity index (χ1n) is 8.98. The fourth-order valence-corrected chi connectivity index (χ4v) is 5.47. The number of hydrogen-bond donors (Lipinski definition) is 0. The van der Waals surface area contributed by atoms with Crippen molar-refractivity contribution in [3.05, 3.63) is 59.2 Å². The van der Waals surface area contributed by atoms with Gasteiger partial charge in [-0.3, -0.25) is 9.10 Å². The Morgan fingerprint density at radius 2 is 1.77 bits per heavy atom. The van der Waals surface area contributed by atoms with Crippen LogP contribution >= 0.6 is 0 Å². The van der Waals surface area contributed by atoms with Crippen LogP contribution in [0.25, 0.3) is 0 Å². The lowest BCUT2D eigenvalue weighted by molar-refractivity contribution is 0.0985. The fraction of sp³-hybridized carbons (Fsp3) is 0.350. The number of carbonyl (C=O) groups is 1. The van der Waals surface area contributed by atoms with Crippen LogP contribution in [0.3, 0.4) is 0 Å². The van der Waals surface area contributed by atoms with Crippen molar-refractivity contribution in [1.29, 1.82) is 0 Å². The van der Waals surface area contributed by atoms with Gasteiger partial charge in [-0.05, 0) is 61.6 Å². The number of nitrogens with zero attached hydrogens (tertiary/aromatic N) is 2. The number of sulfonamides is 1. The van der Waals surface area contributed by atoms with Crippen LogP contribution in [0.15, 0.2) is 42.5 Å². The number of aryl methyl sites for hydroxylation is 2. The lowest BCUT2D eigenvalue weighted by atomic mass is 9.97. The van der Waals surface area contributed by atoms with E-state index in [-0.39, 0.29) is 11.7 Å². The Kier molecular flexibility index (Phi) is 4.23. The van der Waals surface area contributed by atoms with Crippen LogP contribution in [-0.2, 0) is 16.4 Å². The number of hydrogen-bond acceptors (Lipinski definition) is 3. The maximum absolute atomic E-state index is 13.1. The minimum Gasteiger partial charge on any atom is -0.308 e. The summed E-state index contributed by atoms with van der Waals surface area (Å²) in [7, 11) is -3.20. The molecule has 2 aliphatic rings. The molecule has 6 heteroatoms. The summed E-state index contributed by atoms with van der Waals surface area (Å²) in [5.41, 5.74) is 4.56. The summed E-state index contributed by atoms with van der Waals surface area (Å²) < 4.78 is 25.5. The summed E-state index contributed by atoms with van der Waals surface area (Å²) >= 11 is 0. The molecule has 5 nitrogen and oxygen atoms in total. The van der Waals surface area contributed by atoms with Crippen molar-refractivity contribution in [3.63, 3.8) is 0 Å². The van der Waals surface area contributed by atoms with Gasteiger partial charge in [0.05, 0.1) is 17.1 Å². The fourth-order valence-electron chi connectivity index (χ4n) is 3.91. The van der Waals surface area contributed by atoms with Gasteiger partial charge in [0.2, 0.25) is 10.0 Å². The van der Waals surface area contributed by atoms with Crippen LogP contribution in [0.4, 0.5) is 11.4 Å². The summed E-state index contributed by atoms with van der Waals surface area (Å²) in [6, 6.07) is 13.1. The van der Waals surface area contributed by atoms with Crippen molar-refractivity contribution >= 4 is 27.3 Å². The van der Waals surface area contributed by atoms with E-state index in [1.165, 1.54) is 9.87 Å². The Labute approximate surface area is 154 Å². The van der Waals surface area contributed by atoms with Crippen LogP contribution < -0.4 is 9.21 Å². The highest BCUT2D eigenvalue weighted by atomic mass is 32.2. The molecule has 0 radical (unpaired) electrons. The van der Waals surface area contributed by atoms with Crippen molar-refractivity contribution in [2.24, 2.45) is 0 Å². The molecule has 0 atom stereocenters. The molecule has 0 aliphatic carbocycles. The molecule has 0 N–H and O–H groups in total. The van der Waals surface area contributed by atoms with Crippen LogP contribution in [0.5, 0.6) is 0 Å². The Morgan fingerprint density at radius 3 is 2.46 bits per heavy atom. The van der Waals surface area contributed by atoms with Crippen molar-refractivity contribution in [1.82, 2.24) is 0 Å². The highest BCUT2D eigenvalue weighted by molar-refractivity contribution is 7.93. The second-order valence-corrected chi connectivity index (χ2v) is 8.94. The van der Waals surface area contributed by atoms with Crippen molar-refractivity contribution in [3.8, 4) is 0 Å². The molecule has 0 unspecified atom stereocenters. The molecular formula is C20H22N2O3S. The van der Waals surface area contributed by atoms with Crippen molar-refractivity contribution in [2.45, 2.75) is 26.2 Å². The molecule has 1 saturated heterocycles. The van der Waals surface area contributed by atoms with Crippen LogP contribution in [-0.4, -0.2) is 33.2 Å². The minimum atomic E-state index is -3.20. The van der Waals surface area contributed by atoms with E-state index in [0.717, 1.165) is 24.1 Å². The van der Waals surface area contributed by atoms with Gasteiger partial charge in [-0.2, -0.15) is 0 Å². The molecule has 0 bridgehead atoms. The van der Waals surface area contributed by atoms with E-state index in [1.54, 1.807) is 24.3 Å². The van der Waals surface area contributed by atoms with E-state index in [2.05, 4.69) is 6.07 Å². The molecular weight excluding hydrogens is 348 g/mol. The summed E-state index contributed by atoms with van der Waals surface area (Å²) in [6.07, 6.45) is 2.59. The number of amides is 1. The van der Waals surface area contributed by atoms with Crippen LogP contribution in [0.1, 0.15) is 34.3 Å². The standard InChI is InChI=1S/C20H22N2O3S/c1-15-5-2-6-16-7-3-12-21(19(15)16)20(23)17-8-10-18(11-9-17)22-13-4-14-26(22,24)25/h2,5-6,8-11H,3-4,7,12-14H2,1H3. The molecule has 2 heterocycles. The van der Waals surface area contributed by atoms with E-state index in [0.29, 0.717) is 30.8 Å². The van der Waals surface area contributed by atoms with E-state index in [9.17, 15) is 13.2 Å². The maximum atomic E-state index is 13.1. The predicted octanol–water partition coefficient (Wildman–Crippen LogP) is 3.13. The Balaban J connectivity index is 1.63. The predicted molar refractivity (Wildman–Crippen MR) is 103 cm³/mol. The van der Waals surface area contributed by atoms with Gasteiger partial charge >= 0.3 is 0 Å². The molecule has 4 rings (SSSR count). The third-order valence-corrected chi connectivity index (χ3v) is 7.04. The first-order valence-corrected chi connectivity index (χ1v) is 10.6. The molecule has 136 valence electrons. The molecule has 2 aromatic carbocycles. The van der Waals surface area contributed by atoms with E-state index >= 15 is 0 Å². The first-order chi connectivity index (χ1) is 12.5. The highest BCUT2D eigenvalue weighted by Crippen LogP contribution is 2.32. The normalized spacial score (nSPS) is 18.7. The number of fused-ring (bicyclic) bond motifs is 1. The summed E-state index contributed by atoms with van der Waals surface area (Å²) in [5.74, 6) is 0.161. The van der Waals surface area contributed by atoms with E-state index in [4.69, 9.17) is 0 Å². The number of benzene rings is 2.